The van der Waals surface area contributed by atoms with Gasteiger partial charge in [-0.3, -0.25) is 9.20 Å². The van der Waals surface area contributed by atoms with Gasteiger partial charge in [0.2, 0.25) is 5.91 Å². The molecular formula is C20H15Cl2N3OS. The van der Waals surface area contributed by atoms with Gasteiger partial charge in [0.15, 0.2) is 4.96 Å². The summed E-state index contributed by atoms with van der Waals surface area (Å²) in [7, 11) is 0. The molecule has 2 aromatic heterocycles. The van der Waals surface area contributed by atoms with E-state index >= 15 is 0 Å². The fourth-order valence-corrected chi connectivity index (χ4v) is 4.00. The highest BCUT2D eigenvalue weighted by Gasteiger charge is 2.11. The number of benzene rings is 2. The van der Waals surface area contributed by atoms with E-state index in [1.165, 1.54) is 0 Å². The van der Waals surface area contributed by atoms with Crippen molar-refractivity contribution >= 4 is 51.1 Å². The van der Waals surface area contributed by atoms with Crippen molar-refractivity contribution < 1.29 is 4.79 Å². The van der Waals surface area contributed by atoms with E-state index in [0.717, 1.165) is 21.9 Å². The summed E-state index contributed by atoms with van der Waals surface area (Å²) in [6.07, 6.45) is 3.01. The number of hydrogen-bond acceptors (Lipinski definition) is 3. The number of fused-ring (bicyclic) bond motifs is 1. The lowest BCUT2D eigenvalue weighted by Gasteiger charge is -2.06. The Balaban J connectivity index is 1.45. The monoisotopic (exact) mass is 415 g/mol. The highest BCUT2D eigenvalue weighted by Crippen LogP contribution is 2.26. The van der Waals surface area contributed by atoms with E-state index in [4.69, 9.17) is 23.2 Å². The summed E-state index contributed by atoms with van der Waals surface area (Å²) in [4.78, 5) is 17.9. The van der Waals surface area contributed by atoms with Gasteiger partial charge in [-0.25, -0.2) is 4.98 Å². The summed E-state index contributed by atoms with van der Waals surface area (Å²) < 4.78 is 2.05. The lowest BCUT2D eigenvalue weighted by molar-refractivity contribution is -0.116. The van der Waals surface area contributed by atoms with E-state index in [1.807, 2.05) is 41.9 Å². The lowest BCUT2D eigenvalue weighted by Crippen LogP contribution is -2.12. The zero-order chi connectivity index (χ0) is 18.8. The molecule has 0 aliphatic carbocycles. The number of aromatic nitrogens is 2. The molecule has 2 aromatic carbocycles. The van der Waals surface area contributed by atoms with E-state index in [1.54, 1.807) is 29.5 Å². The highest BCUT2D eigenvalue weighted by atomic mass is 35.5. The summed E-state index contributed by atoms with van der Waals surface area (Å²) in [5.41, 5.74) is 3.72. The Morgan fingerprint density at radius 3 is 2.70 bits per heavy atom. The molecule has 1 amide bonds. The second-order valence-electron chi connectivity index (χ2n) is 6.05. The number of aryl methyl sites for hydroxylation is 1. The molecule has 0 saturated carbocycles. The molecule has 4 rings (SSSR count). The number of imidazole rings is 1. The van der Waals surface area contributed by atoms with Gasteiger partial charge in [0.1, 0.15) is 0 Å². The Labute approximate surface area is 170 Å². The Kier molecular flexibility index (Phi) is 5.16. The molecule has 0 unspecified atom stereocenters. The SMILES string of the molecule is O=C(CCc1csc2nc(-c3ccccc3)cn12)Nc1ccc(Cl)c(Cl)c1. The Hall–Kier alpha value is -2.34. The number of carbonyl (C=O) groups is 1. The molecule has 0 saturated heterocycles. The zero-order valence-corrected chi connectivity index (χ0v) is 16.5. The predicted octanol–water partition coefficient (Wildman–Crippen LogP) is 5.94. The van der Waals surface area contributed by atoms with Gasteiger partial charge >= 0.3 is 0 Å². The van der Waals surface area contributed by atoms with Crippen LogP contribution < -0.4 is 5.32 Å². The van der Waals surface area contributed by atoms with Crippen molar-refractivity contribution in [3.63, 3.8) is 0 Å². The van der Waals surface area contributed by atoms with Crippen molar-refractivity contribution in [1.82, 2.24) is 9.38 Å². The summed E-state index contributed by atoms with van der Waals surface area (Å²) in [5, 5.41) is 5.77. The maximum Gasteiger partial charge on any atom is 0.224 e. The van der Waals surface area contributed by atoms with Crippen LogP contribution in [0.5, 0.6) is 0 Å². The topological polar surface area (TPSA) is 46.4 Å². The molecule has 0 bridgehead atoms. The molecule has 136 valence electrons. The fraction of sp³-hybridized carbons (Fsp3) is 0.100. The Morgan fingerprint density at radius 1 is 1.11 bits per heavy atom. The first kappa shape index (κ1) is 18.0. The van der Waals surface area contributed by atoms with Crippen LogP contribution >= 0.6 is 34.5 Å². The molecule has 4 aromatic rings. The van der Waals surface area contributed by atoms with Crippen LogP contribution in [0.15, 0.2) is 60.1 Å². The van der Waals surface area contributed by atoms with Crippen molar-refractivity contribution in [2.24, 2.45) is 0 Å². The van der Waals surface area contributed by atoms with E-state index in [0.29, 0.717) is 28.6 Å². The Bertz CT molecular complexity index is 1110. The number of anilines is 1. The van der Waals surface area contributed by atoms with Gasteiger partial charge < -0.3 is 5.32 Å². The largest absolute Gasteiger partial charge is 0.326 e. The van der Waals surface area contributed by atoms with E-state index in [9.17, 15) is 4.79 Å². The van der Waals surface area contributed by atoms with Crippen molar-refractivity contribution in [3.8, 4) is 11.3 Å². The van der Waals surface area contributed by atoms with Crippen molar-refractivity contribution in [2.75, 3.05) is 5.32 Å². The molecule has 0 spiro atoms. The number of hydrogen-bond donors (Lipinski definition) is 1. The molecule has 2 heterocycles. The molecule has 7 heteroatoms. The Morgan fingerprint density at radius 2 is 1.93 bits per heavy atom. The molecule has 27 heavy (non-hydrogen) atoms. The standard InChI is InChI=1S/C20H15Cl2N3OS/c21-16-8-6-14(10-17(16)22)23-19(26)9-7-15-12-27-20-24-18(11-25(15)20)13-4-2-1-3-5-13/h1-6,8,10-12H,7,9H2,(H,23,26). The average Bonchev–Trinajstić information content (AvgIpc) is 3.25. The first-order chi connectivity index (χ1) is 13.1. The van der Waals surface area contributed by atoms with Crippen LogP contribution in [-0.4, -0.2) is 15.3 Å². The molecule has 0 radical (unpaired) electrons. The molecule has 4 nitrogen and oxygen atoms in total. The number of nitrogens with one attached hydrogen (secondary N) is 1. The maximum absolute atomic E-state index is 12.3. The fourth-order valence-electron chi connectivity index (χ4n) is 2.80. The maximum atomic E-state index is 12.3. The van der Waals surface area contributed by atoms with Gasteiger partial charge in [0.25, 0.3) is 0 Å². The van der Waals surface area contributed by atoms with Crippen LogP contribution in [0.25, 0.3) is 16.2 Å². The van der Waals surface area contributed by atoms with E-state index < -0.39 is 0 Å². The van der Waals surface area contributed by atoms with Crippen molar-refractivity contribution in [2.45, 2.75) is 12.8 Å². The summed E-state index contributed by atoms with van der Waals surface area (Å²) in [5.74, 6) is -0.0730. The third kappa shape index (κ3) is 4.00. The molecule has 0 aliphatic heterocycles. The van der Waals surface area contributed by atoms with Gasteiger partial charge in [-0.15, -0.1) is 11.3 Å². The van der Waals surface area contributed by atoms with Crippen molar-refractivity contribution in [3.05, 3.63) is 75.8 Å². The summed E-state index contributed by atoms with van der Waals surface area (Å²) >= 11 is 13.5. The predicted molar refractivity (Wildman–Crippen MR) is 112 cm³/mol. The number of halogens is 2. The zero-order valence-electron chi connectivity index (χ0n) is 14.2. The third-order valence-electron chi connectivity index (χ3n) is 4.16. The minimum absolute atomic E-state index is 0.0730. The second-order valence-corrected chi connectivity index (χ2v) is 7.70. The third-order valence-corrected chi connectivity index (χ3v) is 5.79. The molecular weight excluding hydrogens is 401 g/mol. The lowest BCUT2D eigenvalue weighted by atomic mass is 10.2. The van der Waals surface area contributed by atoms with Gasteiger partial charge in [-0.2, -0.15) is 0 Å². The summed E-state index contributed by atoms with van der Waals surface area (Å²) in [6.45, 7) is 0. The quantitative estimate of drug-likeness (QED) is 0.438. The number of carbonyl (C=O) groups excluding carboxylic acids is 1. The minimum Gasteiger partial charge on any atom is -0.326 e. The van der Waals surface area contributed by atoms with Crippen LogP contribution in [0.1, 0.15) is 12.1 Å². The number of rotatable bonds is 5. The van der Waals surface area contributed by atoms with Crippen LogP contribution in [0.2, 0.25) is 10.0 Å². The molecule has 0 fully saturated rings. The van der Waals surface area contributed by atoms with Gasteiger partial charge in [0.05, 0.1) is 15.7 Å². The van der Waals surface area contributed by atoms with Crippen molar-refractivity contribution in [1.29, 1.82) is 0 Å². The smallest absolute Gasteiger partial charge is 0.224 e. The van der Waals surface area contributed by atoms with Gasteiger partial charge in [-0.05, 0) is 24.6 Å². The average molecular weight is 416 g/mol. The molecule has 1 N–H and O–H groups in total. The van der Waals surface area contributed by atoms with E-state index in [-0.39, 0.29) is 5.91 Å². The second kappa shape index (κ2) is 7.72. The van der Waals surface area contributed by atoms with Crippen LogP contribution in [0.3, 0.4) is 0 Å². The molecule has 0 atom stereocenters. The number of thiazole rings is 1. The minimum atomic E-state index is -0.0730. The first-order valence-corrected chi connectivity index (χ1v) is 9.99. The van der Waals surface area contributed by atoms with Gasteiger partial charge in [0, 0.05) is 34.9 Å². The normalized spacial score (nSPS) is 11.0. The number of amides is 1. The molecule has 0 aliphatic rings. The highest BCUT2D eigenvalue weighted by molar-refractivity contribution is 7.15. The number of nitrogens with zero attached hydrogens (tertiary/aromatic N) is 2. The first-order valence-electron chi connectivity index (χ1n) is 8.36. The van der Waals surface area contributed by atoms with Crippen LogP contribution in [0.4, 0.5) is 5.69 Å². The van der Waals surface area contributed by atoms with Crippen LogP contribution in [0, 0.1) is 0 Å². The summed E-state index contributed by atoms with van der Waals surface area (Å²) in [6, 6.07) is 15.1. The van der Waals surface area contributed by atoms with Gasteiger partial charge in [-0.1, -0.05) is 53.5 Å². The van der Waals surface area contributed by atoms with E-state index in [2.05, 4.69) is 14.7 Å². The van der Waals surface area contributed by atoms with Crippen LogP contribution in [-0.2, 0) is 11.2 Å².